The van der Waals surface area contributed by atoms with Crippen molar-refractivity contribution in [3.8, 4) is 0 Å². The van der Waals surface area contributed by atoms with E-state index in [1.165, 1.54) is 11.1 Å². The summed E-state index contributed by atoms with van der Waals surface area (Å²) in [6.45, 7) is 6.14. The fraction of sp³-hybridized carbons (Fsp3) is 0.588. The molecule has 1 aliphatic heterocycles. The number of piperidine rings is 1. The molecule has 0 bridgehead atoms. The standard InChI is InChI=1S/C17H25NO3/c1-3-14-4-6-15(7-5-14)13(2)18-10-8-16(9-11-18)21-12-17(19)20/h4-7,13,16H,3,8-12H2,1-2H3,(H,19,20). The van der Waals surface area contributed by atoms with E-state index in [2.05, 4.69) is 43.0 Å². The molecule has 21 heavy (non-hydrogen) atoms. The van der Waals surface area contributed by atoms with Crippen LogP contribution in [0.4, 0.5) is 0 Å². The Morgan fingerprint density at radius 3 is 2.48 bits per heavy atom. The van der Waals surface area contributed by atoms with E-state index in [0.717, 1.165) is 32.4 Å². The van der Waals surface area contributed by atoms with E-state index in [4.69, 9.17) is 9.84 Å². The number of hydrogen-bond donors (Lipinski definition) is 1. The van der Waals surface area contributed by atoms with E-state index in [-0.39, 0.29) is 12.7 Å². The van der Waals surface area contributed by atoms with Crippen LogP contribution in [0.3, 0.4) is 0 Å². The van der Waals surface area contributed by atoms with E-state index in [1.807, 2.05) is 0 Å². The lowest BCUT2D eigenvalue weighted by Crippen LogP contribution is -2.39. The van der Waals surface area contributed by atoms with E-state index in [9.17, 15) is 4.79 Å². The van der Waals surface area contributed by atoms with Gasteiger partial charge in [0.15, 0.2) is 0 Å². The van der Waals surface area contributed by atoms with Crippen molar-refractivity contribution in [3.05, 3.63) is 35.4 Å². The first-order valence-electron chi connectivity index (χ1n) is 7.76. The van der Waals surface area contributed by atoms with Crippen molar-refractivity contribution < 1.29 is 14.6 Å². The normalized spacial score (nSPS) is 18.6. The van der Waals surface area contributed by atoms with Gasteiger partial charge in [0.25, 0.3) is 0 Å². The van der Waals surface area contributed by atoms with Crippen molar-refractivity contribution >= 4 is 5.97 Å². The van der Waals surface area contributed by atoms with Crippen LogP contribution < -0.4 is 0 Å². The van der Waals surface area contributed by atoms with Crippen LogP contribution in [0, 0.1) is 0 Å². The van der Waals surface area contributed by atoms with Crippen LogP contribution in [0.5, 0.6) is 0 Å². The molecule has 116 valence electrons. The Morgan fingerprint density at radius 1 is 1.33 bits per heavy atom. The molecule has 1 fully saturated rings. The van der Waals surface area contributed by atoms with Gasteiger partial charge in [-0.05, 0) is 37.3 Å². The minimum absolute atomic E-state index is 0.0898. The minimum Gasteiger partial charge on any atom is -0.480 e. The van der Waals surface area contributed by atoms with Crippen LogP contribution in [0.1, 0.15) is 43.9 Å². The molecule has 4 heteroatoms. The molecule has 1 N–H and O–H groups in total. The van der Waals surface area contributed by atoms with Gasteiger partial charge in [-0.25, -0.2) is 4.79 Å². The summed E-state index contributed by atoms with van der Waals surface area (Å²) in [6.07, 6.45) is 2.98. The Kier molecular flexibility index (Phi) is 5.76. The topological polar surface area (TPSA) is 49.8 Å². The van der Waals surface area contributed by atoms with Gasteiger partial charge in [-0.3, -0.25) is 4.90 Å². The van der Waals surface area contributed by atoms with Crippen molar-refractivity contribution in [2.24, 2.45) is 0 Å². The van der Waals surface area contributed by atoms with Crippen LogP contribution in [-0.2, 0) is 16.0 Å². The van der Waals surface area contributed by atoms with Gasteiger partial charge in [-0.1, -0.05) is 31.2 Å². The molecule has 1 saturated heterocycles. The van der Waals surface area contributed by atoms with Crippen molar-refractivity contribution in [1.82, 2.24) is 4.90 Å². The Hall–Kier alpha value is -1.39. The zero-order valence-corrected chi connectivity index (χ0v) is 12.9. The third kappa shape index (κ3) is 4.55. The van der Waals surface area contributed by atoms with Crippen molar-refractivity contribution in [3.63, 3.8) is 0 Å². The molecule has 1 atom stereocenters. The molecule has 0 radical (unpaired) electrons. The summed E-state index contributed by atoms with van der Waals surface area (Å²) in [5.41, 5.74) is 2.71. The highest BCUT2D eigenvalue weighted by atomic mass is 16.5. The van der Waals surface area contributed by atoms with Crippen LogP contribution in [0.2, 0.25) is 0 Å². The molecular weight excluding hydrogens is 266 g/mol. The Morgan fingerprint density at radius 2 is 1.95 bits per heavy atom. The monoisotopic (exact) mass is 291 g/mol. The number of hydrogen-bond acceptors (Lipinski definition) is 3. The van der Waals surface area contributed by atoms with E-state index >= 15 is 0 Å². The molecule has 1 aliphatic rings. The van der Waals surface area contributed by atoms with E-state index in [0.29, 0.717) is 6.04 Å². The SMILES string of the molecule is CCc1ccc(C(C)N2CCC(OCC(=O)O)CC2)cc1. The fourth-order valence-corrected chi connectivity index (χ4v) is 2.86. The van der Waals surface area contributed by atoms with Crippen molar-refractivity contribution in [1.29, 1.82) is 0 Å². The number of aliphatic carboxylic acids is 1. The number of ether oxygens (including phenoxy) is 1. The van der Waals surface area contributed by atoms with Crippen LogP contribution in [0.25, 0.3) is 0 Å². The van der Waals surface area contributed by atoms with E-state index in [1.54, 1.807) is 0 Å². The van der Waals surface area contributed by atoms with Gasteiger partial charge < -0.3 is 9.84 Å². The number of nitrogens with zero attached hydrogens (tertiary/aromatic N) is 1. The Labute approximate surface area is 126 Å². The Bertz CT molecular complexity index is 450. The molecule has 1 unspecified atom stereocenters. The number of carboxylic acids is 1. The lowest BCUT2D eigenvalue weighted by molar-refractivity contribution is -0.145. The number of rotatable bonds is 6. The number of carboxylic acid groups (broad SMARTS) is 1. The summed E-state index contributed by atoms with van der Waals surface area (Å²) in [5, 5.41) is 8.64. The van der Waals surface area contributed by atoms with Gasteiger partial charge >= 0.3 is 5.97 Å². The predicted octanol–water partition coefficient (Wildman–Crippen LogP) is 2.88. The molecule has 0 amide bonds. The predicted molar refractivity (Wildman–Crippen MR) is 82.4 cm³/mol. The third-order valence-corrected chi connectivity index (χ3v) is 4.34. The van der Waals surface area contributed by atoms with Gasteiger partial charge in [0.2, 0.25) is 0 Å². The molecule has 0 aromatic heterocycles. The van der Waals surface area contributed by atoms with Crippen LogP contribution >= 0.6 is 0 Å². The van der Waals surface area contributed by atoms with E-state index < -0.39 is 5.97 Å². The minimum atomic E-state index is -0.887. The molecule has 1 aromatic carbocycles. The first-order chi connectivity index (χ1) is 10.1. The summed E-state index contributed by atoms with van der Waals surface area (Å²) in [7, 11) is 0. The number of aryl methyl sites for hydroxylation is 1. The Balaban J connectivity index is 1.84. The van der Waals surface area contributed by atoms with Crippen LogP contribution in [-0.4, -0.2) is 41.8 Å². The first-order valence-corrected chi connectivity index (χ1v) is 7.76. The van der Waals surface area contributed by atoms with Gasteiger partial charge in [0.1, 0.15) is 6.61 Å². The average molecular weight is 291 g/mol. The molecule has 0 saturated carbocycles. The van der Waals surface area contributed by atoms with Gasteiger partial charge in [-0.2, -0.15) is 0 Å². The molecule has 2 rings (SSSR count). The smallest absolute Gasteiger partial charge is 0.329 e. The third-order valence-electron chi connectivity index (χ3n) is 4.34. The quantitative estimate of drug-likeness (QED) is 0.875. The molecular formula is C17H25NO3. The average Bonchev–Trinajstić information content (AvgIpc) is 2.53. The largest absolute Gasteiger partial charge is 0.480 e. The number of benzene rings is 1. The highest BCUT2D eigenvalue weighted by Gasteiger charge is 2.24. The maximum Gasteiger partial charge on any atom is 0.329 e. The lowest BCUT2D eigenvalue weighted by atomic mass is 10.0. The zero-order valence-electron chi connectivity index (χ0n) is 12.9. The summed E-state index contributed by atoms with van der Waals surface area (Å²) in [4.78, 5) is 13.0. The molecule has 1 aromatic rings. The van der Waals surface area contributed by atoms with Gasteiger partial charge in [0.05, 0.1) is 6.10 Å². The fourth-order valence-electron chi connectivity index (χ4n) is 2.86. The highest BCUT2D eigenvalue weighted by Crippen LogP contribution is 2.25. The summed E-state index contributed by atoms with van der Waals surface area (Å²) in [6, 6.07) is 9.24. The van der Waals surface area contributed by atoms with Gasteiger partial charge in [-0.15, -0.1) is 0 Å². The summed E-state index contributed by atoms with van der Waals surface area (Å²) < 4.78 is 5.38. The second-order valence-corrected chi connectivity index (χ2v) is 5.71. The molecule has 1 heterocycles. The molecule has 0 spiro atoms. The maximum absolute atomic E-state index is 10.5. The van der Waals surface area contributed by atoms with Crippen LogP contribution in [0.15, 0.2) is 24.3 Å². The highest BCUT2D eigenvalue weighted by molar-refractivity contribution is 5.68. The summed E-state index contributed by atoms with van der Waals surface area (Å²) >= 11 is 0. The lowest BCUT2D eigenvalue weighted by Gasteiger charge is -2.36. The summed E-state index contributed by atoms with van der Waals surface area (Å²) in [5.74, 6) is -0.887. The number of likely N-dealkylation sites (tertiary alicyclic amines) is 1. The maximum atomic E-state index is 10.5. The van der Waals surface area contributed by atoms with Crippen molar-refractivity contribution in [2.75, 3.05) is 19.7 Å². The molecule has 4 nitrogen and oxygen atoms in total. The first kappa shape index (κ1) is 16.0. The zero-order chi connectivity index (χ0) is 15.2. The molecule has 0 aliphatic carbocycles. The second kappa shape index (κ2) is 7.57. The second-order valence-electron chi connectivity index (χ2n) is 5.71. The van der Waals surface area contributed by atoms with Crippen molar-refractivity contribution in [2.45, 2.75) is 45.3 Å². The van der Waals surface area contributed by atoms with Gasteiger partial charge in [0, 0.05) is 19.1 Å². The number of carbonyl (C=O) groups is 1.